The smallest absolute Gasteiger partial charge is 0.341 e. The molecule has 0 saturated heterocycles. The Balaban J connectivity index is 2.41. The Morgan fingerprint density at radius 1 is 1.39 bits per heavy atom. The Morgan fingerprint density at radius 3 is 2.50 bits per heavy atom. The molecule has 11 nitrogen and oxygen atoms in total. The quantitative estimate of drug-likeness (QED) is 0.393. The number of aliphatic carboxylic acids is 1. The number of nitrogens with one attached hydrogen (secondary N) is 1. The summed E-state index contributed by atoms with van der Waals surface area (Å²) in [6.07, 6.45) is 2.12. The summed E-state index contributed by atoms with van der Waals surface area (Å²) in [5, 5.41) is 40.7. The van der Waals surface area contributed by atoms with E-state index in [-0.39, 0.29) is 11.6 Å². The Bertz CT molecular complexity index is 1080. The predicted octanol–water partition coefficient (Wildman–Crippen LogP) is 0.939. The van der Waals surface area contributed by atoms with Crippen LogP contribution in [0.3, 0.4) is 0 Å². The van der Waals surface area contributed by atoms with Crippen LogP contribution in [0.2, 0.25) is 0 Å². The first kappa shape index (κ1) is 19.2. The van der Waals surface area contributed by atoms with Crippen molar-refractivity contribution in [3.8, 4) is 0 Å². The molecule has 1 aliphatic rings. The number of halogens is 1. The summed E-state index contributed by atoms with van der Waals surface area (Å²) in [7, 11) is 0. The molecule has 1 aliphatic carbocycles. The molecule has 1 heterocycles. The number of nitro groups is 1. The zero-order valence-electron chi connectivity index (χ0n) is 14.1. The molecule has 0 unspecified atom stereocenters. The summed E-state index contributed by atoms with van der Waals surface area (Å²) in [5.41, 5.74) is -3.78. The minimum absolute atomic E-state index is 0.312. The van der Waals surface area contributed by atoms with Crippen molar-refractivity contribution in [1.29, 1.82) is 0 Å². The number of hydrogen-bond acceptors (Lipinski definition) is 7. The summed E-state index contributed by atoms with van der Waals surface area (Å²) in [6.45, 7) is -0.975. The number of carboxylic acid groups (broad SMARTS) is 2. The number of fused-ring (bicyclic) bond motifs is 1. The van der Waals surface area contributed by atoms with E-state index in [4.69, 9.17) is 10.2 Å². The van der Waals surface area contributed by atoms with E-state index in [1.807, 2.05) is 0 Å². The van der Waals surface area contributed by atoms with Crippen LogP contribution in [0.1, 0.15) is 29.2 Å². The molecule has 1 atom stereocenters. The minimum atomic E-state index is -1.73. The van der Waals surface area contributed by atoms with Crippen LogP contribution in [0.4, 0.5) is 15.8 Å². The first-order chi connectivity index (χ1) is 13.2. The van der Waals surface area contributed by atoms with Crippen molar-refractivity contribution < 1.29 is 34.2 Å². The molecule has 0 amide bonds. The number of carboxylic acids is 2. The SMILES string of the molecule is O=C(O)c1cn(C2CC2)c2c([N+](=O)[O-])c(N[C@@H](CO)C(=O)O)c(F)cc2c1=O. The molecule has 3 rings (SSSR count). The number of hydrogen-bond donors (Lipinski definition) is 4. The fraction of sp³-hybridized carbons (Fsp3) is 0.312. The van der Waals surface area contributed by atoms with Gasteiger partial charge in [0.15, 0.2) is 11.5 Å². The maximum atomic E-state index is 14.6. The Morgan fingerprint density at radius 2 is 2.04 bits per heavy atom. The van der Waals surface area contributed by atoms with Gasteiger partial charge in [0, 0.05) is 12.2 Å². The van der Waals surface area contributed by atoms with E-state index < -0.39 is 63.1 Å². The van der Waals surface area contributed by atoms with Gasteiger partial charge in [0.25, 0.3) is 0 Å². The van der Waals surface area contributed by atoms with E-state index >= 15 is 0 Å². The second-order valence-corrected chi connectivity index (χ2v) is 6.27. The fourth-order valence-electron chi connectivity index (χ4n) is 2.94. The maximum absolute atomic E-state index is 14.6. The molecule has 1 fully saturated rings. The highest BCUT2D eigenvalue weighted by atomic mass is 19.1. The van der Waals surface area contributed by atoms with Crippen molar-refractivity contribution in [2.24, 2.45) is 0 Å². The third-order valence-corrected chi connectivity index (χ3v) is 4.39. The Labute approximate surface area is 154 Å². The van der Waals surface area contributed by atoms with E-state index in [0.29, 0.717) is 18.9 Å². The monoisotopic (exact) mass is 395 g/mol. The average Bonchev–Trinajstić information content (AvgIpc) is 3.44. The van der Waals surface area contributed by atoms with Gasteiger partial charge in [-0.15, -0.1) is 0 Å². The van der Waals surface area contributed by atoms with Crippen LogP contribution in [0.5, 0.6) is 0 Å². The molecular formula is C16H14FN3O8. The van der Waals surface area contributed by atoms with Gasteiger partial charge in [-0.25, -0.2) is 14.0 Å². The largest absolute Gasteiger partial charge is 0.480 e. The third-order valence-electron chi connectivity index (χ3n) is 4.39. The molecule has 2 aromatic rings. The molecule has 1 aromatic heterocycles. The zero-order chi connectivity index (χ0) is 20.7. The van der Waals surface area contributed by atoms with Crippen LogP contribution in [0.25, 0.3) is 10.9 Å². The van der Waals surface area contributed by atoms with Crippen molar-refractivity contribution in [3.63, 3.8) is 0 Å². The lowest BCUT2D eigenvalue weighted by Gasteiger charge is -2.17. The lowest BCUT2D eigenvalue weighted by atomic mass is 10.1. The second kappa shape index (κ2) is 6.88. The van der Waals surface area contributed by atoms with Gasteiger partial charge in [0.2, 0.25) is 5.43 Å². The topological polar surface area (TPSA) is 172 Å². The highest BCUT2D eigenvalue weighted by molar-refractivity contribution is 5.99. The van der Waals surface area contributed by atoms with Crippen molar-refractivity contribution in [1.82, 2.24) is 4.57 Å². The Kier molecular flexibility index (Phi) is 4.73. The first-order valence-corrected chi connectivity index (χ1v) is 8.06. The number of aliphatic hydroxyl groups excluding tert-OH is 1. The number of rotatable bonds is 7. The van der Waals surface area contributed by atoms with Crippen molar-refractivity contribution in [3.05, 3.63) is 44.0 Å². The number of benzene rings is 1. The molecule has 12 heteroatoms. The Hall–Kier alpha value is -3.54. The van der Waals surface area contributed by atoms with Crippen LogP contribution in [0.15, 0.2) is 17.1 Å². The number of pyridine rings is 1. The average molecular weight is 395 g/mol. The van der Waals surface area contributed by atoms with Crippen molar-refractivity contribution in [2.45, 2.75) is 24.9 Å². The summed E-state index contributed by atoms with van der Waals surface area (Å²) in [5.74, 6) is -4.45. The highest BCUT2D eigenvalue weighted by Crippen LogP contribution is 2.42. The number of anilines is 1. The number of carbonyl (C=O) groups is 2. The molecule has 4 N–H and O–H groups in total. The normalized spacial score (nSPS) is 14.6. The second-order valence-electron chi connectivity index (χ2n) is 6.27. The van der Waals surface area contributed by atoms with Gasteiger partial charge in [-0.3, -0.25) is 14.9 Å². The maximum Gasteiger partial charge on any atom is 0.341 e. The van der Waals surface area contributed by atoms with Crippen LogP contribution in [0, 0.1) is 15.9 Å². The summed E-state index contributed by atoms with van der Waals surface area (Å²) in [6, 6.07) is -1.41. The van der Waals surface area contributed by atoms with E-state index in [1.54, 1.807) is 0 Å². The molecule has 148 valence electrons. The van der Waals surface area contributed by atoms with E-state index in [1.165, 1.54) is 4.57 Å². The van der Waals surface area contributed by atoms with Crippen LogP contribution >= 0.6 is 0 Å². The van der Waals surface area contributed by atoms with Crippen molar-refractivity contribution >= 4 is 34.2 Å². The molecule has 28 heavy (non-hydrogen) atoms. The number of aliphatic hydroxyl groups is 1. The lowest BCUT2D eigenvalue weighted by Crippen LogP contribution is -2.33. The first-order valence-electron chi connectivity index (χ1n) is 8.06. The molecule has 0 radical (unpaired) electrons. The zero-order valence-corrected chi connectivity index (χ0v) is 14.1. The van der Waals surface area contributed by atoms with Crippen LogP contribution < -0.4 is 10.7 Å². The van der Waals surface area contributed by atoms with Crippen LogP contribution in [-0.2, 0) is 4.79 Å². The fourth-order valence-corrected chi connectivity index (χ4v) is 2.94. The number of nitrogens with zero attached hydrogens (tertiary/aromatic N) is 2. The van der Waals surface area contributed by atoms with Crippen molar-refractivity contribution in [2.75, 3.05) is 11.9 Å². The van der Waals surface area contributed by atoms with E-state index in [0.717, 1.165) is 6.20 Å². The van der Waals surface area contributed by atoms with Gasteiger partial charge in [-0.1, -0.05) is 0 Å². The summed E-state index contributed by atoms with van der Waals surface area (Å²) < 4.78 is 15.9. The molecular weight excluding hydrogens is 381 g/mol. The standard InChI is InChI=1S/C16H14FN3O8/c17-9-3-7-12(13(20(27)28)11(9)18-10(5-21)16(25)26)19(6-1-2-6)4-8(14(7)22)15(23)24/h3-4,6,10,18,21H,1-2,5H2,(H,23,24)(H,25,26)/t10-/m0/s1. The molecule has 0 bridgehead atoms. The molecule has 0 spiro atoms. The van der Waals surface area contributed by atoms with Gasteiger partial charge in [0.1, 0.15) is 17.1 Å². The number of nitro benzene ring substituents is 1. The van der Waals surface area contributed by atoms with E-state index in [2.05, 4.69) is 5.32 Å². The van der Waals surface area contributed by atoms with Gasteiger partial charge < -0.3 is 25.2 Å². The molecule has 0 aliphatic heterocycles. The molecule has 1 saturated carbocycles. The van der Waals surface area contributed by atoms with Gasteiger partial charge in [-0.2, -0.15) is 0 Å². The predicted molar refractivity (Wildman–Crippen MR) is 92.2 cm³/mol. The third kappa shape index (κ3) is 3.13. The summed E-state index contributed by atoms with van der Waals surface area (Å²) >= 11 is 0. The molecule has 1 aromatic carbocycles. The van der Waals surface area contributed by atoms with Gasteiger partial charge >= 0.3 is 17.6 Å². The number of aromatic carboxylic acids is 1. The summed E-state index contributed by atoms with van der Waals surface area (Å²) in [4.78, 5) is 45.6. The van der Waals surface area contributed by atoms with Gasteiger partial charge in [-0.05, 0) is 18.9 Å². The van der Waals surface area contributed by atoms with E-state index in [9.17, 15) is 34.0 Å². The number of aromatic nitrogens is 1. The highest BCUT2D eigenvalue weighted by Gasteiger charge is 2.34. The van der Waals surface area contributed by atoms with Gasteiger partial charge in [0.05, 0.1) is 16.9 Å². The van der Waals surface area contributed by atoms with Crippen LogP contribution in [-0.4, -0.2) is 49.4 Å². The lowest BCUT2D eigenvalue weighted by molar-refractivity contribution is -0.382. The minimum Gasteiger partial charge on any atom is -0.480 e.